The van der Waals surface area contributed by atoms with Gasteiger partial charge in [0.05, 0.1) is 11.3 Å². The molecule has 196 valence electrons. The molecule has 4 aromatic rings. The maximum Gasteiger partial charge on any atom is 0.433 e. The van der Waals surface area contributed by atoms with Gasteiger partial charge in [-0.1, -0.05) is 62.7 Å². The average Bonchev–Trinajstić information content (AvgIpc) is 3.39. The number of carbonyl (C=O) groups excluding carboxylic acids is 1. The highest BCUT2D eigenvalue weighted by atomic mass is 35.5. The summed E-state index contributed by atoms with van der Waals surface area (Å²) in [5.74, 6) is -0.375. The Morgan fingerprint density at radius 1 is 1.24 bits per heavy atom. The van der Waals surface area contributed by atoms with Crippen molar-refractivity contribution in [3.8, 4) is 17.3 Å². The standard InChI is InChI=1S/C27H23ClF3N5OS/c1-26(2,3)15-9-10-16-17(13-32)25(38-19(16)11-15)34-24(37)22-21(28)23-33-18(14-7-5-4-6-8-14)12-20(27(29,30)31)36(23)35-22/h4-8,12,15H,9-11H2,1-3H3,(H,34,37). The minimum Gasteiger partial charge on any atom is -0.311 e. The number of anilines is 1. The van der Waals surface area contributed by atoms with Crippen molar-refractivity contribution < 1.29 is 18.0 Å². The van der Waals surface area contributed by atoms with Crippen LogP contribution in [0.5, 0.6) is 0 Å². The van der Waals surface area contributed by atoms with E-state index in [2.05, 4.69) is 42.2 Å². The van der Waals surface area contributed by atoms with Crippen LogP contribution in [-0.4, -0.2) is 20.5 Å². The second kappa shape index (κ2) is 9.40. The summed E-state index contributed by atoms with van der Waals surface area (Å²) >= 11 is 7.73. The van der Waals surface area contributed by atoms with E-state index in [1.807, 2.05) is 0 Å². The molecule has 1 aliphatic rings. The van der Waals surface area contributed by atoms with Gasteiger partial charge in [-0.15, -0.1) is 11.3 Å². The van der Waals surface area contributed by atoms with Crippen molar-refractivity contribution in [1.29, 1.82) is 5.26 Å². The third-order valence-corrected chi connectivity index (χ3v) is 8.45. The van der Waals surface area contributed by atoms with Crippen LogP contribution in [0.15, 0.2) is 36.4 Å². The molecule has 5 rings (SSSR count). The fourth-order valence-corrected chi connectivity index (χ4v) is 6.31. The van der Waals surface area contributed by atoms with E-state index in [4.69, 9.17) is 11.6 Å². The Labute approximate surface area is 226 Å². The highest BCUT2D eigenvalue weighted by Gasteiger charge is 2.37. The van der Waals surface area contributed by atoms with Crippen molar-refractivity contribution in [2.75, 3.05) is 5.32 Å². The Balaban J connectivity index is 1.54. The fourth-order valence-electron chi connectivity index (χ4n) is 4.79. The van der Waals surface area contributed by atoms with Crippen molar-refractivity contribution in [2.24, 2.45) is 11.3 Å². The molecule has 38 heavy (non-hydrogen) atoms. The van der Waals surface area contributed by atoms with E-state index >= 15 is 0 Å². The van der Waals surface area contributed by atoms with E-state index in [-0.39, 0.29) is 21.8 Å². The van der Waals surface area contributed by atoms with Crippen LogP contribution in [0.3, 0.4) is 0 Å². The molecule has 1 aliphatic carbocycles. The Morgan fingerprint density at radius 3 is 2.58 bits per heavy atom. The number of hydrogen-bond donors (Lipinski definition) is 1. The molecule has 1 aromatic carbocycles. The van der Waals surface area contributed by atoms with E-state index in [1.165, 1.54) is 11.3 Å². The summed E-state index contributed by atoms with van der Waals surface area (Å²) in [6, 6.07) is 11.4. The van der Waals surface area contributed by atoms with Gasteiger partial charge in [0, 0.05) is 10.4 Å². The molecule has 0 saturated carbocycles. The van der Waals surface area contributed by atoms with Crippen LogP contribution in [0.1, 0.15) is 59.4 Å². The van der Waals surface area contributed by atoms with Crippen LogP contribution in [0.2, 0.25) is 5.02 Å². The zero-order valence-corrected chi connectivity index (χ0v) is 22.4. The lowest BCUT2D eigenvalue weighted by atomic mass is 9.72. The summed E-state index contributed by atoms with van der Waals surface area (Å²) in [5, 5.41) is 16.5. The predicted molar refractivity (Wildman–Crippen MR) is 140 cm³/mol. The van der Waals surface area contributed by atoms with Crippen molar-refractivity contribution in [1.82, 2.24) is 14.6 Å². The molecule has 1 atom stereocenters. The molecular formula is C27H23ClF3N5OS. The number of benzene rings is 1. The molecule has 0 fully saturated rings. The zero-order valence-electron chi connectivity index (χ0n) is 20.8. The lowest BCUT2D eigenvalue weighted by molar-refractivity contribution is -0.142. The number of thiophene rings is 1. The van der Waals surface area contributed by atoms with Gasteiger partial charge in [-0.3, -0.25) is 4.79 Å². The first-order valence-corrected chi connectivity index (χ1v) is 13.2. The van der Waals surface area contributed by atoms with Crippen molar-refractivity contribution >= 4 is 39.5 Å². The molecule has 0 radical (unpaired) electrons. The maximum absolute atomic E-state index is 14.0. The van der Waals surface area contributed by atoms with Crippen LogP contribution < -0.4 is 5.32 Å². The molecule has 0 bridgehead atoms. The lowest BCUT2D eigenvalue weighted by Crippen LogP contribution is -2.26. The van der Waals surface area contributed by atoms with Gasteiger partial charge in [0.15, 0.2) is 17.0 Å². The van der Waals surface area contributed by atoms with Gasteiger partial charge in [0.2, 0.25) is 0 Å². The second-order valence-corrected chi connectivity index (χ2v) is 11.9. The van der Waals surface area contributed by atoms with Gasteiger partial charge in [-0.25, -0.2) is 9.50 Å². The largest absolute Gasteiger partial charge is 0.433 e. The summed E-state index contributed by atoms with van der Waals surface area (Å²) in [6.45, 7) is 6.55. The van der Waals surface area contributed by atoms with E-state index in [1.54, 1.807) is 30.3 Å². The first kappa shape index (κ1) is 26.2. The number of halogens is 4. The van der Waals surface area contributed by atoms with Crippen molar-refractivity contribution in [3.63, 3.8) is 0 Å². The number of nitrogens with zero attached hydrogens (tertiary/aromatic N) is 4. The minimum absolute atomic E-state index is 0.0466. The number of rotatable bonds is 3. The third-order valence-electron chi connectivity index (χ3n) is 6.94. The highest BCUT2D eigenvalue weighted by molar-refractivity contribution is 7.16. The van der Waals surface area contributed by atoms with Gasteiger partial charge in [0.1, 0.15) is 16.1 Å². The Morgan fingerprint density at radius 2 is 1.95 bits per heavy atom. The van der Waals surface area contributed by atoms with E-state index in [0.717, 1.165) is 35.8 Å². The quantitative estimate of drug-likeness (QED) is 0.284. The normalized spacial score (nSPS) is 15.8. The first-order chi connectivity index (χ1) is 17.9. The molecule has 1 unspecified atom stereocenters. The highest BCUT2D eigenvalue weighted by Crippen LogP contribution is 2.44. The smallest absolute Gasteiger partial charge is 0.311 e. The van der Waals surface area contributed by atoms with Gasteiger partial charge >= 0.3 is 6.18 Å². The molecule has 3 aromatic heterocycles. The topological polar surface area (TPSA) is 83.1 Å². The van der Waals surface area contributed by atoms with Gasteiger partial charge < -0.3 is 5.32 Å². The Hall–Kier alpha value is -3.42. The number of alkyl halides is 3. The molecule has 3 heterocycles. The number of carbonyl (C=O) groups is 1. The number of aromatic nitrogens is 3. The summed E-state index contributed by atoms with van der Waals surface area (Å²) in [4.78, 5) is 18.6. The lowest BCUT2D eigenvalue weighted by Gasteiger charge is -2.33. The number of nitriles is 1. The van der Waals surface area contributed by atoms with Crippen molar-refractivity contribution in [3.05, 3.63) is 68.8 Å². The van der Waals surface area contributed by atoms with Crippen LogP contribution in [0, 0.1) is 22.7 Å². The first-order valence-electron chi connectivity index (χ1n) is 12.0. The summed E-state index contributed by atoms with van der Waals surface area (Å²) < 4.78 is 42.5. The average molecular weight is 558 g/mol. The van der Waals surface area contributed by atoms with Crippen LogP contribution >= 0.6 is 22.9 Å². The van der Waals surface area contributed by atoms with Crippen LogP contribution in [0.25, 0.3) is 16.9 Å². The zero-order chi connectivity index (χ0) is 27.4. The van der Waals surface area contributed by atoms with Gasteiger partial charge in [-0.05, 0) is 42.2 Å². The van der Waals surface area contributed by atoms with Gasteiger partial charge in [0.25, 0.3) is 5.91 Å². The maximum atomic E-state index is 14.0. The van der Waals surface area contributed by atoms with Crippen molar-refractivity contribution in [2.45, 2.75) is 46.2 Å². The van der Waals surface area contributed by atoms with Crippen LogP contribution in [-0.2, 0) is 19.0 Å². The molecule has 11 heteroatoms. The minimum atomic E-state index is -4.78. The monoisotopic (exact) mass is 557 g/mol. The van der Waals surface area contributed by atoms with E-state index in [0.29, 0.717) is 26.6 Å². The summed E-state index contributed by atoms with van der Waals surface area (Å²) in [7, 11) is 0. The number of amides is 1. The number of hydrogen-bond acceptors (Lipinski definition) is 5. The Bertz CT molecular complexity index is 1600. The molecule has 0 spiro atoms. The second-order valence-electron chi connectivity index (χ2n) is 10.4. The fraction of sp³-hybridized carbons (Fsp3) is 0.333. The molecule has 0 aliphatic heterocycles. The summed E-state index contributed by atoms with van der Waals surface area (Å²) in [5.41, 5.74) is 0.102. The number of fused-ring (bicyclic) bond motifs is 2. The van der Waals surface area contributed by atoms with E-state index in [9.17, 15) is 23.2 Å². The molecule has 1 N–H and O–H groups in total. The Kier molecular flexibility index (Phi) is 6.48. The number of nitrogens with one attached hydrogen (secondary N) is 1. The molecular weight excluding hydrogens is 535 g/mol. The molecule has 1 amide bonds. The van der Waals surface area contributed by atoms with Gasteiger partial charge in [-0.2, -0.15) is 23.5 Å². The molecule has 6 nitrogen and oxygen atoms in total. The third kappa shape index (κ3) is 4.65. The SMILES string of the molecule is CC(C)(C)C1CCc2c(sc(NC(=O)c3nn4c(C(F)(F)F)cc(-c5ccccc5)nc4c3Cl)c2C#N)C1. The van der Waals surface area contributed by atoms with E-state index < -0.39 is 23.5 Å². The van der Waals surface area contributed by atoms with Crippen LogP contribution in [0.4, 0.5) is 18.2 Å². The molecule has 0 saturated heterocycles. The predicted octanol–water partition coefficient (Wildman–Crippen LogP) is 7.40. The summed E-state index contributed by atoms with van der Waals surface area (Å²) in [6.07, 6.45) is -2.32.